The van der Waals surface area contributed by atoms with Gasteiger partial charge >= 0.3 is 0 Å². The van der Waals surface area contributed by atoms with Crippen molar-refractivity contribution in [3.8, 4) is 0 Å². The normalized spacial score (nSPS) is 32.5. The summed E-state index contributed by atoms with van der Waals surface area (Å²) in [5, 5.41) is 0. The highest BCUT2D eigenvalue weighted by molar-refractivity contribution is 4.82. The fraction of sp³-hybridized carbons (Fsp3) is 0.889. The molecule has 1 atom stereocenters. The second-order valence-corrected chi connectivity index (χ2v) is 3.35. The van der Waals surface area contributed by atoms with E-state index >= 15 is 0 Å². The van der Waals surface area contributed by atoms with Crippen molar-refractivity contribution in [2.45, 2.75) is 18.9 Å². The van der Waals surface area contributed by atoms with Crippen LogP contribution >= 0.6 is 0 Å². The molecular weight excluding hydrogens is 154 g/mol. The molecule has 2 fully saturated rings. The third-order valence-corrected chi connectivity index (χ3v) is 2.39. The van der Waals surface area contributed by atoms with E-state index in [-0.39, 0.29) is 0 Å². The molecule has 1 radical (unpaired) electrons. The Morgan fingerprint density at radius 1 is 1.17 bits per heavy atom. The zero-order chi connectivity index (χ0) is 8.23. The lowest BCUT2D eigenvalue weighted by molar-refractivity contribution is 0.0297. The number of rotatable bonds is 2. The molecule has 2 saturated heterocycles. The molecule has 0 aliphatic carbocycles. The molecule has 0 saturated carbocycles. The molecule has 2 aliphatic heterocycles. The third kappa shape index (κ3) is 2.19. The summed E-state index contributed by atoms with van der Waals surface area (Å²) in [4.78, 5) is 2.32. The molecule has 0 aromatic rings. The van der Waals surface area contributed by atoms with Gasteiger partial charge in [0.05, 0.1) is 25.9 Å². The average molecular weight is 170 g/mol. The maximum absolute atomic E-state index is 5.52. The van der Waals surface area contributed by atoms with Gasteiger partial charge in [0.15, 0.2) is 0 Å². The lowest BCUT2D eigenvalue weighted by atomic mass is 10.2. The van der Waals surface area contributed by atoms with Gasteiger partial charge in [0.25, 0.3) is 0 Å². The molecule has 0 aromatic heterocycles. The first kappa shape index (κ1) is 8.48. The molecule has 2 rings (SSSR count). The summed E-state index contributed by atoms with van der Waals surface area (Å²) in [6.45, 7) is 6.95. The van der Waals surface area contributed by atoms with Crippen LogP contribution in [0.4, 0.5) is 0 Å². The van der Waals surface area contributed by atoms with E-state index in [4.69, 9.17) is 9.47 Å². The smallest absolute Gasteiger partial charge is 0.0747 e. The second-order valence-electron chi connectivity index (χ2n) is 3.35. The molecule has 2 aliphatic rings. The lowest BCUT2D eigenvalue weighted by Crippen LogP contribution is -2.37. The van der Waals surface area contributed by atoms with Crippen molar-refractivity contribution >= 4 is 0 Å². The van der Waals surface area contributed by atoms with E-state index < -0.39 is 0 Å². The highest BCUT2D eigenvalue weighted by Crippen LogP contribution is 2.16. The van der Waals surface area contributed by atoms with Crippen LogP contribution in [-0.4, -0.2) is 43.9 Å². The van der Waals surface area contributed by atoms with E-state index in [1.54, 1.807) is 0 Å². The number of hydrogen-bond acceptors (Lipinski definition) is 3. The van der Waals surface area contributed by atoms with Crippen LogP contribution in [0.5, 0.6) is 0 Å². The Hall–Kier alpha value is -0.120. The molecule has 12 heavy (non-hydrogen) atoms. The largest absolute Gasteiger partial charge is 0.379 e. The second kappa shape index (κ2) is 4.21. The number of ether oxygens (including phenoxy) is 2. The van der Waals surface area contributed by atoms with E-state index in [2.05, 4.69) is 11.4 Å². The Morgan fingerprint density at radius 3 is 2.67 bits per heavy atom. The van der Waals surface area contributed by atoms with Crippen LogP contribution in [0.15, 0.2) is 0 Å². The van der Waals surface area contributed by atoms with Gasteiger partial charge < -0.3 is 9.47 Å². The first-order valence-corrected chi connectivity index (χ1v) is 4.73. The summed E-state index contributed by atoms with van der Waals surface area (Å²) in [7, 11) is 0. The van der Waals surface area contributed by atoms with Gasteiger partial charge in [-0.25, -0.2) is 0 Å². The lowest BCUT2D eigenvalue weighted by Gasteiger charge is -2.27. The molecule has 3 heteroatoms. The van der Waals surface area contributed by atoms with E-state index in [9.17, 15) is 0 Å². The first-order chi connectivity index (χ1) is 5.95. The molecule has 2 heterocycles. The quantitative estimate of drug-likeness (QED) is 0.607. The van der Waals surface area contributed by atoms with Crippen molar-refractivity contribution in [1.82, 2.24) is 4.90 Å². The Bertz CT molecular complexity index is 128. The van der Waals surface area contributed by atoms with Crippen molar-refractivity contribution in [1.29, 1.82) is 0 Å². The first-order valence-electron chi connectivity index (χ1n) is 4.73. The average Bonchev–Trinajstić information content (AvgIpc) is 2.59. The third-order valence-electron chi connectivity index (χ3n) is 2.39. The maximum atomic E-state index is 5.52. The van der Waals surface area contributed by atoms with Crippen LogP contribution in [0, 0.1) is 6.54 Å². The summed E-state index contributed by atoms with van der Waals surface area (Å²) >= 11 is 0. The fourth-order valence-corrected chi connectivity index (χ4v) is 1.68. The van der Waals surface area contributed by atoms with Gasteiger partial charge in [0.1, 0.15) is 0 Å². The van der Waals surface area contributed by atoms with Crippen LogP contribution in [0.25, 0.3) is 0 Å². The summed E-state index contributed by atoms with van der Waals surface area (Å²) < 4.78 is 10.8. The van der Waals surface area contributed by atoms with Crippen molar-refractivity contribution < 1.29 is 9.47 Å². The molecule has 0 N–H and O–H groups in total. The standard InChI is InChI=1S/C9H16NO2/c1-2-9(12-5-1)8-10-3-6-11-7-4-10/h8-9H,1-7H2. The SMILES string of the molecule is [CH](C1CCCO1)N1CCOCC1. The van der Waals surface area contributed by atoms with Gasteiger partial charge in [-0.15, -0.1) is 0 Å². The Balaban J connectivity index is 1.69. The minimum atomic E-state index is 0.378. The summed E-state index contributed by atoms with van der Waals surface area (Å²) in [5.74, 6) is 0. The highest BCUT2D eigenvalue weighted by atomic mass is 16.5. The van der Waals surface area contributed by atoms with Gasteiger partial charge in [0, 0.05) is 19.7 Å². The van der Waals surface area contributed by atoms with Gasteiger partial charge in [-0.2, -0.15) is 0 Å². The molecule has 69 valence electrons. The summed E-state index contributed by atoms with van der Waals surface area (Å²) in [5.41, 5.74) is 0. The maximum Gasteiger partial charge on any atom is 0.0747 e. The summed E-state index contributed by atoms with van der Waals surface area (Å²) in [6.07, 6.45) is 2.78. The number of morpholine rings is 1. The van der Waals surface area contributed by atoms with Crippen LogP contribution in [0.1, 0.15) is 12.8 Å². The number of hydrogen-bond donors (Lipinski definition) is 0. The molecule has 1 unspecified atom stereocenters. The monoisotopic (exact) mass is 170 g/mol. The Morgan fingerprint density at radius 2 is 2.00 bits per heavy atom. The molecule has 0 bridgehead atoms. The topological polar surface area (TPSA) is 21.7 Å². The Labute approximate surface area is 73.6 Å². The van der Waals surface area contributed by atoms with Crippen molar-refractivity contribution in [2.75, 3.05) is 32.9 Å². The van der Waals surface area contributed by atoms with Gasteiger partial charge in [-0.05, 0) is 12.8 Å². The van der Waals surface area contributed by atoms with Crippen molar-refractivity contribution in [2.24, 2.45) is 0 Å². The summed E-state index contributed by atoms with van der Waals surface area (Å²) in [6, 6.07) is 0. The predicted octanol–water partition coefficient (Wildman–Crippen LogP) is 0.659. The molecule has 0 aromatic carbocycles. The predicted molar refractivity (Wildman–Crippen MR) is 45.7 cm³/mol. The molecular formula is C9H16NO2. The molecule has 0 spiro atoms. The van der Waals surface area contributed by atoms with Crippen LogP contribution in [0.3, 0.4) is 0 Å². The fourth-order valence-electron chi connectivity index (χ4n) is 1.68. The van der Waals surface area contributed by atoms with Crippen molar-refractivity contribution in [3.05, 3.63) is 6.54 Å². The minimum Gasteiger partial charge on any atom is -0.379 e. The van der Waals surface area contributed by atoms with E-state index in [1.807, 2.05) is 0 Å². The van der Waals surface area contributed by atoms with Gasteiger partial charge in [-0.3, -0.25) is 4.90 Å². The van der Waals surface area contributed by atoms with Crippen molar-refractivity contribution in [3.63, 3.8) is 0 Å². The zero-order valence-electron chi connectivity index (χ0n) is 7.37. The Kier molecular flexibility index (Phi) is 2.98. The van der Waals surface area contributed by atoms with Gasteiger partial charge in [0.2, 0.25) is 0 Å². The van der Waals surface area contributed by atoms with E-state index in [0.29, 0.717) is 6.10 Å². The number of nitrogens with zero attached hydrogens (tertiary/aromatic N) is 1. The highest BCUT2D eigenvalue weighted by Gasteiger charge is 2.20. The van der Waals surface area contributed by atoms with E-state index in [0.717, 1.165) is 32.9 Å². The van der Waals surface area contributed by atoms with E-state index in [1.165, 1.54) is 12.8 Å². The zero-order valence-corrected chi connectivity index (χ0v) is 7.37. The van der Waals surface area contributed by atoms with Crippen LogP contribution in [-0.2, 0) is 9.47 Å². The minimum absolute atomic E-state index is 0.378. The molecule has 3 nitrogen and oxygen atoms in total. The molecule has 0 amide bonds. The van der Waals surface area contributed by atoms with Gasteiger partial charge in [-0.1, -0.05) is 0 Å². The van der Waals surface area contributed by atoms with Crippen LogP contribution < -0.4 is 0 Å². The van der Waals surface area contributed by atoms with Crippen LogP contribution in [0.2, 0.25) is 0 Å².